The number of aliphatic hydroxyl groups is 1. The lowest BCUT2D eigenvalue weighted by molar-refractivity contribution is -0.149. The highest BCUT2D eigenvalue weighted by atomic mass is 35.5. The smallest absolute Gasteiger partial charge is 0.338 e. The normalized spacial score (nSPS) is 22.2. The molecule has 6 nitrogen and oxygen atoms in total. The van der Waals surface area contributed by atoms with Gasteiger partial charge in [-0.25, -0.2) is 4.79 Å². The van der Waals surface area contributed by atoms with Crippen molar-refractivity contribution in [2.24, 2.45) is 0 Å². The minimum Gasteiger partial charge on any atom is -0.491 e. The number of aryl methyl sites for hydroxylation is 1. The average molecular weight is 469 g/mol. The Labute approximate surface area is 197 Å². The summed E-state index contributed by atoms with van der Waals surface area (Å²) in [5.74, 6) is 0.0816. The zero-order valence-corrected chi connectivity index (χ0v) is 18.9. The van der Waals surface area contributed by atoms with Crippen LogP contribution >= 0.6 is 11.6 Å². The number of hydrogen-bond acceptors (Lipinski definition) is 6. The predicted molar refractivity (Wildman–Crippen MR) is 123 cm³/mol. The second-order valence-corrected chi connectivity index (χ2v) is 8.26. The average Bonchev–Trinajstić information content (AvgIpc) is 3.12. The van der Waals surface area contributed by atoms with E-state index in [1.54, 1.807) is 24.3 Å². The van der Waals surface area contributed by atoms with Crippen LogP contribution in [-0.4, -0.2) is 42.3 Å². The Hall–Kier alpha value is -2.90. The molecule has 1 N–H and O–H groups in total. The number of hydrogen-bond donors (Lipinski definition) is 1. The molecule has 1 saturated heterocycles. The maximum atomic E-state index is 12.8. The lowest BCUT2D eigenvalue weighted by Crippen LogP contribution is -2.41. The van der Waals surface area contributed by atoms with Crippen molar-refractivity contribution in [1.29, 1.82) is 0 Å². The second kappa shape index (κ2) is 10.8. The molecule has 172 valence electrons. The summed E-state index contributed by atoms with van der Waals surface area (Å²) in [5.41, 5.74) is 2.37. The van der Waals surface area contributed by atoms with Gasteiger partial charge in [-0.05, 0) is 48.9 Å². The van der Waals surface area contributed by atoms with Gasteiger partial charge in [-0.2, -0.15) is 0 Å². The maximum absolute atomic E-state index is 12.8. The molecule has 0 aliphatic carbocycles. The van der Waals surface area contributed by atoms with Gasteiger partial charge in [-0.15, -0.1) is 0 Å². The Balaban J connectivity index is 1.48. The van der Waals surface area contributed by atoms with E-state index in [1.807, 2.05) is 61.5 Å². The molecular formula is C26H25ClO6. The fourth-order valence-corrected chi connectivity index (χ4v) is 3.65. The van der Waals surface area contributed by atoms with Crippen molar-refractivity contribution < 1.29 is 28.8 Å². The van der Waals surface area contributed by atoms with E-state index in [9.17, 15) is 9.90 Å². The van der Waals surface area contributed by atoms with Gasteiger partial charge in [0, 0.05) is 5.02 Å². The highest BCUT2D eigenvalue weighted by Gasteiger charge is 2.48. The van der Waals surface area contributed by atoms with Gasteiger partial charge in [-0.1, -0.05) is 59.6 Å². The fraction of sp³-hybridized carbons (Fsp3) is 0.269. The van der Waals surface area contributed by atoms with Gasteiger partial charge in [0.15, 0.2) is 12.4 Å². The SMILES string of the molecule is Cc1ccc(OC[C@H]2O[C@H](O)[C@@H](OCc3ccccc3)[C@@H]2OC(=O)c2ccc(Cl)cc2)cc1. The van der Waals surface area contributed by atoms with E-state index in [0.29, 0.717) is 16.3 Å². The molecule has 1 aliphatic heterocycles. The summed E-state index contributed by atoms with van der Waals surface area (Å²) in [6.07, 6.45) is -3.76. The third kappa shape index (κ3) is 6.12. The van der Waals surface area contributed by atoms with Gasteiger partial charge in [0.2, 0.25) is 0 Å². The second-order valence-electron chi connectivity index (χ2n) is 7.83. The molecule has 1 aliphatic rings. The number of halogens is 1. The van der Waals surface area contributed by atoms with Crippen molar-refractivity contribution in [3.63, 3.8) is 0 Å². The summed E-state index contributed by atoms with van der Waals surface area (Å²) >= 11 is 5.92. The molecule has 4 atom stereocenters. The van der Waals surface area contributed by atoms with Crippen LogP contribution in [0.1, 0.15) is 21.5 Å². The molecule has 0 bridgehead atoms. The van der Waals surface area contributed by atoms with Crippen molar-refractivity contribution in [2.45, 2.75) is 38.1 Å². The van der Waals surface area contributed by atoms with E-state index < -0.39 is 30.6 Å². The molecule has 3 aromatic rings. The maximum Gasteiger partial charge on any atom is 0.338 e. The third-order valence-electron chi connectivity index (χ3n) is 5.33. The van der Waals surface area contributed by atoms with Crippen LogP contribution in [-0.2, 0) is 20.8 Å². The number of esters is 1. The number of rotatable bonds is 8. The molecule has 0 amide bonds. The Kier molecular flexibility index (Phi) is 7.62. The van der Waals surface area contributed by atoms with Crippen LogP contribution < -0.4 is 4.74 Å². The zero-order valence-electron chi connectivity index (χ0n) is 18.1. The van der Waals surface area contributed by atoms with E-state index in [4.69, 9.17) is 30.5 Å². The van der Waals surface area contributed by atoms with Crippen LogP contribution in [0.3, 0.4) is 0 Å². The van der Waals surface area contributed by atoms with Crippen LogP contribution in [0.4, 0.5) is 0 Å². The Morgan fingerprint density at radius 2 is 1.67 bits per heavy atom. The molecule has 1 heterocycles. The highest BCUT2D eigenvalue weighted by Crippen LogP contribution is 2.28. The van der Waals surface area contributed by atoms with Crippen molar-refractivity contribution in [3.05, 3.63) is 101 Å². The third-order valence-corrected chi connectivity index (χ3v) is 5.58. The molecule has 0 unspecified atom stereocenters. The lowest BCUT2D eigenvalue weighted by Gasteiger charge is -2.24. The van der Waals surface area contributed by atoms with E-state index in [2.05, 4.69) is 0 Å². The predicted octanol–water partition coefficient (Wildman–Crippen LogP) is 4.56. The van der Waals surface area contributed by atoms with E-state index in [0.717, 1.165) is 11.1 Å². The molecule has 3 aromatic carbocycles. The van der Waals surface area contributed by atoms with Gasteiger partial charge >= 0.3 is 5.97 Å². The van der Waals surface area contributed by atoms with E-state index >= 15 is 0 Å². The molecule has 4 rings (SSSR count). The first-order chi connectivity index (χ1) is 16.0. The minimum atomic E-state index is -1.27. The Morgan fingerprint density at radius 1 is 0.970 bits per heavy atom. The summed E-state index contributed by atoms with van der Waals surface area (Å²) in [6.45, 7) is 2.29. The van der Waals surface area contributed by atoms with Crippen molar-refractivity contribution in [1.82, 2.24) is 0 Å². The molecule has 33 heavy (non-hydrogen) atoms. The monoisotopic (exact) mass is 468 g/mol. The van der Waals surface area contributed by atoms with Gasteiger partial charge in [0.1, 0.15) is 24.6 Å². The summed E-state index contributed by atoms with van der Waals surface area (Å²) in [7, 11) is 0. The molecular weight excluding hydrogens is 444 g/mol. The number of carbonyl (C=O) groups excluding carboxylic acids is 1. The van der Waals surface area contributed by atoms with Crippen LogP contribution in [0.2, 0.25) is 5.02 Å². The lowest BCUT2D eigenvalue weighted by atomic mass is 10.1. The number of aliphatic hydroxyl groups excluding tert-OH is 1. The molecule has 7 heteroatoms. The molecule has 0 aromatic heterocycles. The highest BCUT2D eigenvalue weighted by molar-refractivity contribution is 6.30. The summed E-state index contributed by atoms with van der Waals surface area (Å²) in [5, 5.41) is 11.1. The van der Waals surface area contributed by atoms with Crippen molar-refractivity contribution >= 4 is 17.6 Å². The van der Waals surface area contributed by atoms with E-state index in [1.165, 1.54) is 0 Å². The largest absolute Gasteiger partial charge is 0.491 e. The molecule has 0 spiro atoms. The first-order valence-electron chi connectivity index (χ1n) is 10.6. The van der Waals surface area contributed by atoms with E-state index in [-0.39, 0.29) is 13.2 Å². The van der Waals surface area contributed by atoms with Gasteiger partial charge < -0.3 is 24.1 Å². The van der Waals surface area contributed by atoms with Crippen LogP contribution in [0.15, 0.2) is 78.9 Å². The zero-order chi connectivity index (χ0) is 23.2. The van der Waals surface area contributed by atoms with Crippen LogP contribution in [0.25, 0.3) is 0 Å². The first kappa shape index (κ1) is 23.3. The van der Waals surface area contributed by atoms with Gasteiger partial charge in [0.05, 0.1) is 12.2 Å². The minimum absolute atomic E-state index is 0.0733. The van der Waals surface area contributed by atoms with Gasteiger partial charge in [-0.3, -0.25) is 0 Å². The number of ether oxygens (including phenoxy) is 4. The number of carbonyl (C=O) groups is 1. The Morgan fingerprint density at radius 3 is 2.36 bits per heavy atom. The number of benzene rings is 3. The van der Waals surface area contributed by atoms with Gasteiger partial charge in [0.25, 0.3) is 0 Å². The first-order valence-corrected chi connectivity index (χ1v) is 11.0. The molecule has 0 saturated carbocycles. The standard InChI is InChI=1S/C26H25ClO6/c1-17-7-13-21(14-8-17)30-16-22-23(33-25(28)19-9-11-20(27)12-10-19)24(26(29)32-22)31-15-18-5-3-2-4-6-18/h2-14,22-24,26,29H,15-16H2,1H3/t22-,23-,24+,26+/m1/s1. The van der Waals surface area contributed by atoms with Crippen LogP contribution in [0.5, 0.6) is 5.75 Å². The van der Waals surface area contributed by atoms with Crippen LogP contribution in [0, 0.1) is 6.92 Å². The van der Waals surface area contributed by atoms with Crippen molar-refractivity contribution in [3.8, 4) is 5.75 Å². The summed E-state index contributed by atoms with van der Waals surface area (Å²) in [6, 6.07) is 23.5. The Bertz CT molecular complexity index is 1040. The molecule has 1 fully saturated rings. The fourth-order valence-electron chi connectivity index (χ4n) is 3.52. The summed E-state index contributed by atoms with van der Waals surface area (Å²) in [4.78, 5) is 12.8. The summed E-state index contributed by atoms with van der Waals surface area (Å²) < 4.78 is 23.2. The quantitative estimate of drug-likeness (QED) is 0.489. The topological polar surface area (TPSA) is 74.2 Å². The molecule has 0 radical (unpaired) electrons. The van der Waals surface area contributed by atoms with Crippen molar-refractivity contribution in [2.75, 3.05) is 6.61 Å².